The van der Waals surface area contributed by atoms with Gasteiger partial charge in [0.2, 0.25) is 0 Å². The highest BCUT2D eigenvalue weighted by atomic mass is 19.3. The van der Waals surface area contributed by atoms with Gasteiger partial charge in [0.25, 0.3) is 6.43 Å². The normalized spacial score (nSPS) is 10.7. The van der Waals surface area contributed by atoms with E-state index in [0.29, 0.717) is 6.54 Å². The van der Waals surface area contributed by atoms with Crippen LogP contribution in [0.25, 0.3) is 0 Å². The molecule has 4 heteroatoms. The second-order valence-electron chi connectivity index (χ2n) is 4.15. The largest absolute Gasteiger partial charge is 0.380 e. The van der Waals surface area contributed by atoms with Crippen LogP contribution in [0.3, 0.4) is 0 Å². The third kappa shape index (κ3) is 3.26. The molecule has 0 bridgehead atoms. The molecule has 1 aromatic heterocycles. The van der Waals surface area contributed by atoms with Crippen molar-refractivity contribution in [1.82, 2.24) is 4.98 Å². The topological polar surface area (TPSA) is 24.9 Å². The highest BCUT2D eigenvalue weighted by Gasteiger charge is 2.05. The molecule has 1 heterocycles. The number of pyridine rings is 1. The lowest BCUT2D eigenvalue weighted by Gasteiger charge is -2.07. The Kier molecular flexibility index (Phi) is 3.87. The van der Waals surface area contributed by atoms with Crippen LogP contribution >= 0.6 is 0 Å². The van der Waals surface area contributed by atoms with Gasteiger partial charge >= 0.3 is 0 Å². The number of hydrogen-bond donors (Lipinski definition) is 1. The summed E-state index contributed by atoms with van der Waals surface area (Å²) in [6.07, 6.45) is 1.11. The smallest absolute Gasteiger partial charge is 0.263 e. The van der Waals surface area contributed by atoms with Gasteiger partial charge in [-0.1, -0.05) is 24.3 Å². The number of nitrogens with zero attached hydrogens (tertiary/aromatic N) is 1. The molecule has 0 saturated heterocycles. The number of anilines is 1. The van der Waals surface area contributed by atoms with Crippen molar-refractivity contribution < 1.29 is 8.78 Å². The standard InChI is InChI=1S/C14H14F2N2/c1-10-6-13(9-17-7-10)18-8-11-2-4-12(5-3-11)14(15)16/h2-7,9,14,18H,8H2,1H3. The van der Waals surface area contributed by atoms with E-state index in [2.05, 4.69) is 10.3 Å². The fourth-order valence-corrected chi connectivity index (χ4v) is 1.64. The Hall–Kier alpha value is -1.97. The molecule has 18 heavy (non-hydrogen) atoms. The minimum Gasteiger partial charge on any atom is -0.380 e. The summed E-state index contributed by atoms with van der Waals surface area (Å²) < 4.78 is 24.7. The van der Waals surface area contributed by atoms with Crippen molar-refractivity contribution in [3.63, 3.8) is 0 Å². The first-order chi connectivity index (χ1) is 8.65. The van der Waals surface area contributed by atoms with Crippen LogP contribution in [-0.2, 0) is 6.54 Å². The van der Waals surface area contributed by atoms with Gasteiger partial charge in [-0.3, -0.25) is 4.98 Å². The Morgan fingerprint density at radius 2 is 1.89 bits per heavy atom. The van der Waals surface area contributed by atoms with Crippen molar-refractivity contribution in [3.05, 3.63) is 59.4 Å². The van der Waals surface area contributed by atoms with E-state index in [-0.39, 0.29) is 5.56 Å². The van der Waals surface area contributed by atoms with Gasteiger partial charge in [0.15, 0.2) is 0 Å². The SMILES string of the molecule is Cc1cncc(NCc2ccc(C(F)F)cc2)c1. The van der Waals surface area contributed by atoms with E-state index >= 15 is 0 Å². The molecule has 0 radical (unpaired) electrons. The van der Waals surface area contributed by atoms with Crippen LogP contribution in [0.4, 0.5) is 14.5 Å². The Labute approximate surface area is 105 Å². The maximum atomic E-state index is 12.4. The van der Waals surface area contributed by atoms with E-state index in [1.54, 1.807) is 24.5 Å². The molecule has 0 atom stereocenters. The van der Waals surface area contributed by atoms with Gasteiger partial charge < -0.3 is 5.32 Å². The summed E-state index contributed by atoms with van der Waals surface area (Å²) in [5.74, 6) is 0. The van der Waals surface area contributed by atoms with Crippen LogP contribution in [0.5, 0.6) is 0 Å². The number of rotatable bonds is 4. The Morgan fingerprint density at radius 3 is 2.50 bits per heavy atom. The summed E-state index contributed by atoms with van der Waals surface area (Å²) in [6.45, 7) is 2.56. The van der Waals surface area contributed by atoms with E-state index < -0.39 is 6.43 Å². The summed E-state index contributed by atoms with van der Waals surface area (Å²) in [5.41, 5.74) is 3.01. The molecule has 0 amide bonds. The molecule has 1 aromatic carbocycles. The maximum Gasteiger partial charge on any atom is 0.263 e. The predicted octanol–water partition coefficient (Wildman–Crippen LogP) is 3.94. The summed E-state index contributed by atoms with van der Waals surface area (Å²) in [6, 6.07) is 8.31. The van der Waals surface area contributed by atoms with Gasteiger partial charge in [0.05, 0.1) is 5.69 Å². The van der Waals surface area contributed by atoms with E-state index in [1.807, 2.05) is 13.0 Å². The summed E-state index contributed by atoms with van der Waals surface area (Å²) in [4.78, 5) is 4.07. The Morgan fingerprint density at radius 1 is 1.17 bits per heavy atom. The first-order valence-electron chi connectivity index (χ1n) is 5.67. The van der Waals surface area contributed by atoms with E-state index in [1.165, 1.54) is 12.1 Å². The predicted molar refractivity (Wildman–Crippen MR) is 67.7 cm³/mol. The Balaban J connectivity index is 1.98. The zero-order valence-electron chi connectivity index (χ0n) is 10.0. The molecule has 0 spiro atoms. The van der Waals surface area contributed by atoms with Gasteiger partial charge in [-0.05, 0) is 24.1 Å². The van der Waals surface area contributed by atoms with E-state index in [4.69, 9.17) is 0 Å². The number of aromatic nitrogens is 1. The molecular formula is C14H14F2N2. The van der Waals surface area contributed by atoms with E-state index in [0.717, 1.165) is 16.8 Å². The van der Waals surface area contributed by atoms with Crippen LogP contribution < -0.4 is 5.32 Å². The van der Waals surface area contributed by atoms with Crippen molar-refractivity contribution in [2.75, 3.05) is 5.32 Å². The second kappa shape index (κ2) is 5.58. The number of benzene rings is 1. The minimum atomic E-state index is -2.41. The van der Waals surface area contributed by atoms with Crippen LogP contribution in [-0.4, -0.2) is 4.98 Å². The lowest BCUT2D eigenvalue weighted by Crippen LogP contribution is -2.00. The Bertz CT molecular complexity index is 509. The van der Waals surface area contributed by atoms with Gasteiger partial charge in [-0.15, -0.1) is 0 Å². The van der Waals surface area contributed by atoms with Crippen molar-refractivity contribution in [2.24, 2.45) is 0 Å². The third-order valence-corrected chi connectivity index (χ3v) is 2.60. The monoisotopic (exact) mass is 248 g/mol. The number of alkyl halides is 2. The molecule has 94 valence electrons. The van der Waals surface area contributed by atoms with Crippen molar-refractivity contribution in [2.45, 2.75) is 19.9 Å². The number of nitrogens with one attached hydrogen (secondary N) is 1. The summed E-state index contributed by atoms with van der Waals surface area (Å²) >= 11 is 0. The number of aryl methyl sites for hydroxylation is 1. The number of hydrogen-bond acceptors (Lipinski definition) is 2. The lowest BCUT2D eigenvalue weighted by molar-refractivity contribution is 0.151. The molecule has 0 aliphatic rings. The molecule has 0 fully saturated rings. The molecule has 1 N–H and O–H groups in total. The van der Waals surface area contributed by atoms with Crippen LogP contribution in [0, 0.1) is 6.92 Å². The molecule has 0 aliphatic heterocycles. The zero-order chi connectivity index (χ0) is 13.0. The fraction of sp³-hybridized carbons (Fsp3) is 0.214. The highest BCUT2D eigenvalue weighted by Crippen LogP contribution is 2.19. The summed E-state index contributed by atoms with van der Waals surface area (Å²) in [7, 11) is 0. The highest BCUT2D eigenvalue weighted by molar-refractivity contribution is 5.43. The average molecular weight is 248 g/mol. The maximum absolute atomic E-state index is 12.4. The van der Waals surface area contributed by atoms with Gasteiger partial charge in [-0.2, -0.15) is 0 Å². The van der Waals surface area contributed by atoms with Crippen molar-refractivity contribution in [3.8, 4) is 0 Å². The van der Waals surface area contributed by atoms with E-state index in [9.17, 15) is 8.78 Å². The van der Waals surface area contributed by atoms with Crippen LogP contribution in [0.15, 0.2) is 42.7 Å². The average Bonchev–Trinajstić information content (AvgIpc) is 2.37. The molecular weight excluding hydrogens is 234 g/mol. The van der Waals surface area contributed by atoms with Gasteiger partial charge in [-0.25, -0.2) is 8.78 Å². The number of halogens is 2. The molecule has 0 aliphatic carbocycles. The minimum absolute atomic E-state index is 0.0518. The molecule has 2 nitrogen and oxygen atoms in total. The second-order valence-corrected chi connectivity index (χ2v) is 4.15. The third-order valence-electron chi connectivity index (χ3n) is 2.60. The quantitative estimate of drug-likeness (QED) is 0.886. The van der Waals surface area contributed by atoms with Crippen molar-refractivity contribution in [1.29, 1.82) is 0 Å². The zero-order valence-corrected chi connectivity index (χ0v) is 10.0. The first-order valence-corrected chi connectivity index (χ1v) is 5.67. The first kappa shape index (κ1) is 12.5. The fourth-order valence-electron chi connectivity index (χ4n) is 1.64. The van der Waals surface area contributed by atoms with Gasteiger partial charge in [0, 0.05) is 24.5 Å². The lowest BCUT2D eigenvalue weighted by atomic mass is 10.1. The van der Waals surface area contributed by atoms with Crippen molar-refractivity contribution >= 4 is 5.69 Å². The van der Waals surface area contributed by atoms with Crippen LogP contribution in [0.1, 0.15) is 23.1 Å². The molecule has 2 rings (SSSR count). The molecule has 0 unspecified atom stereocenters. The summed E-state index contributed by atoms with van der Waals surface area (Å²) in [5, 5.41) is 3.20. The molecule has 2 aromatic rings. The van der Waals surface area contributed by atoms with Crippen LogP contribution in [0.2, 0.25) is 0 Å². The molecule has 0 saturated carbocycles. The van der Waals surface area contributed by atoms with Gasteiger partial charge in [0.1, 0.15) is 0 Å².